The van der Waals surface area contributed by atoms with Crippen molar-refractivity contribution in [3.63, 3.8) is 0 Å². The molecule has 25 heavy (non-hydrogen) atoms. The number of nitrogens with one attached hydrogen (secondary N) is 1. The Kier molecular flexibility index (Phi) is 6.19. The van der Waals surface area contributed by atoms with Crippen LogP contribution in [-0.4, -0.2) is 43.0 Å². The summed E-state index contributed by atoms with van der Waals surface area (Å²) in [7, 11) is 2.19. The van der Waals surface area contributed by atoms with Gasteiger partial charge in [-0.3, -0.25) is 4.90 Å². The Bertz CT molecular complexity index is 692. The third kappa shape index (κ3) is 5.40. The summed E-state index contributed by atoms with van der Waals surface area (Å²) < 4.78 is 0. The van der Waals surface area contributed by atoms with Crippen LogP contribution in [0.4, 0.5) is 0 Å². The van der Waals surface area contributed by atoms with Gasteiger partial charge in [-0.1, -0.05) is 36.4 Å². The zero-order valence-electron chi connectivity index (χ0n) is 14.9. The van der Waals surface area contributed by atoms with E-state index in [1.807, 2.05) is 24.3 Å². The number of hydrogen-bond acceptors (Lipinski definition) is 4. The van der Waals surface area contributed by atoms with Gasteiger partial charge in [0.25, 0.3) is 0 Å². The average molecular weight is 334 g/mol. The summed E-state index contributed by atoms with van der Waals surface area (Å²) in [5, 5.41) is 12.3. The molecule has 3 rings (SSSR count). The lowest BCUT2D eigenvalue weighted by atomic mass is 10.1. The SMILES string of the molecule is CN1CCN(Cc2ccc(CNCc3ccc(C#N)cc3)cc2)CC1. The summed E-state index contributed by atoms with van der Waals surface area (Å²) in [6.07, 6.45) is 0. The molecule has 1 saturated heterocycles. The third-order valence-corrected chi connectivity index (χ3v) is 4.77. The van der Waals surface area contributed by atoms with Crippen LogP contribution in [-0.2, 0) is 19.6 Å². The van der Waals surface area contributed by atoms with Gasteiger partial charge < -0.3 is 10.2 Å². The highest BCUT2D eigenvalue weighted by atomic mass is 15.2. The standard InChI is InChI=1S/C21H26N4/c1-24-10-12-25(13-11-24)17-21-8-6-20(7-9-21)16-23-15-19-4-2-18(14-22)3-5-19/h2-9,23H,10-13,15-17H2,1H3. The molecule has 1 fully saturated rings. The topological polar surface area (TPSA) is 42.3 Å². The number of piperazine rings is 1. The molecule has 0 bridgehead atoms. The summed E-state index contributed by atoms with van der Waals surface area (Å²) in [4.78, 5) is 4.91. The van der Waals surface area contributed by atoms with Crippen molar-refractivity contribution >= 4 is 0 Å². The van der Waals surface area contributed by atoms with Crippen molar-refractivity contribution < 1.29 is 0 Å². The highest BCUT2D eigenvalue weighted by molar-refractivity contribution is 5.31. The monoisotopic (exact) mass is 334 g/mol. The largest absolute Gasteiger partial charge is 0.309 e. The predicted octanol–water partition coefficient (Wildman–Crippen LogP) is 2.60. The van der Waals surface area contributed by atoms with Crippen LogP contribution < -0.4 is 5.32 Å². The first-order valence-electron chi connectivity index (χ1n) is 8.91. The van der Waals surface area contributed by atoms with Crippen molar-refractivity contribution in [3.8, 4) is 6.07 Å². The van der Waals surface area contributed by atoms with Gasteiger partial charge in [0.15, 0.2) is 0 Å². The fourth-order valence-corrected chi connectivity index (χ4v) is 3.08. The molecule has 1 heterocycles. The Morgan fingerprint density at radius 3 is 1.92 bits per heavy atom. The molecule has 2 aromatic carbocycles. The van der Waals surface area contributed by atoms with Crippen LogP contribution in [0.1, 0.15) is 22.3 Å². The first kappa shape index (κ1) is 17.6. The zero-order valence-corrected chi connectivity index (χ0v) is 14.9. The number of nitriles is 1. The van der Waals surface area contributed by atoms with Gasteiger partial charge in [0, 0.05) is 45.8 Å². The second kappa shape index (κ2) is 8.77. The Morgan fingerprint density at radius 1 is 0.840 bits per heavy atom. The molecule has 0 atom stereocenters. The van der Waals surface area contributed by atoms with Crippen molar-refractivity contribution in [2.24, 2.45) is 0 Å². The Hall–Kier alpha value is -2.19. The van der Waals surface area contributed by atoms with Gasteiger partial charge in [0.1, 0.15) is 0 Å². The van der Waals surface area contributed by atoms with Gasteiger partial charge in [0.05, 0.1) is 11.6 Å². The van der Waals surface area contributed by atoms with E-state index in [0.717, 1.165) is 45.8 Å². The van der Waals surface area contributed by atoms with Crippen molar-refractivity contribution in [1.82, 2.24) is 15.1 Å². The summed E-state index contributed by atoms with van der Waals surface area (Å²) in [6, 6.07) is 18.8. The van der Waals surface area contributed by atoms with Crippen LogP contribution in [0.5, 0.6) is 0 Å². The van der Waals surface area contributed by atoms with Gasteiger partial charge in [0.2, 0.25) is 0 Å². The molecule has 0 unspecified atom stereocenters. The van der Waals surface area contributed by atoms with Crippen LogP contribution >= 0.6 is 0 Å². The molecule has 0 spiro atoms. The number of rotatable bonds is 6. The third-order valence-electron chi connectivity index (χ3n) is 4.77. The molecular weight excluding hydrogens is 308 g/mol. The van der Waals surface area contributed by atoms with Gasteiger partial charge in [-0.2, -0.15) is 5.26 Å². The number of hydrogen-bond donors (Lipinski definition) is 1. The maximum absolute atomic E-state index is 8.82. The van der Waals surface area contributed by atoms with Crippen molar-refractivity contribution in [2.75, 3.05) is 33.2 Å². The predicted molar refractivity (Wildman–Crippen MR) is 101 cm³/mol. The number of benzene rings is 2. The van der Waals surface area contributed by atoms with Crippen LogP contribution in [0.25, 0.3) is 0 Å². The number of likely N-dealkylation sites (N-methyl/N-ethyl adjacent to an activating group) is 1. The highest BCUT2D eigenvalue weighted by Crippen LogP contribution is 2.10. The first-order valence-corrected chi connectivity index (χ1v) is 8.91. The molecule has 0 saturated carbocycles. The summed E-state index contributed by atoms with van der Waals surface area (Å²) >= 11 is 0. The quantitative estimate of drug-likeness (QED) is 0.882. The molecule has 0 amide bonds. The molecule has 4 heteroatoms. The van der Waals surface area contributed by atoms with Crippen LogP contribution in [0.15, 0.2) is 48.5 Å². The van der Waals surface area contributed by atoms with E-state index in [0.29, 0.717) is 5.56 Å². The molecule has 0 aliphatic carbocycles. The maximum Gasteiger partial charge on any atom is 0.0991 e. The number of nitrogens with zero attached hydrogens (tertiary/aromatic N) is 3. The summed E-state index contributed by atoms with van der Waals surface area (Å²) in [5.74, 6) is 0. The van der Waals surface area contributed by atoms with Crippen molar-refractivity contribution in [1.29, 1.82) is 5.26 Å². The summed E-state index contributed by atoms with van der Waals surface area (Å²) in [5.41, 5.74) is 4.60. The lowest BCUT2D eigenvalue weighted by molar-refractivity contribution is 0.148. The molecule has 1 aliphatic heterocycles. The molecular formula is C21H26N4. The second-order valence-electron chi connectivity index (χ2n) is 6.81. The fourth-order valence-electron chi connectivity index (χ4n) is 3.08. The van der Waals surface area contributed by atoms with E-state index in [1.165, 1.54) is 16.7 Å². The smallest absolute Gasteiger partial charge is 0.0991 e. The molecule has 130 valence electrons. The molecule has 1 N–H and O–H groups in total. The van der Waals surface area contributed by atoms with E-state index in [1.54, 1.807) is 0 Å². The van der Waals surface area contributed by atoms with Gasteiger partial charge >= 0.3 is 0 Å². The minimum absolute atomic E-state index is 0.708. The first-order chi connectivity index (χ1) is 12.2. The Labute approximate surface area is 150 Å². The van der Waals surface area contributed by atoms with E-state index >= 15 is 0 Å². The molecule has 0 aromatic heterocycles. The van der Waals surface area contributed by atoms with Crippen molar-refractivity contribution in [3.05, 3.63) is 70.8 Å². The molecule has 1 aliphatic rings. The Balaban J connectivity index is 1.43. The fraction of sp³-hybridized carbons (Fsp3) is 0.381. The average Bonchev–Trinajstić information content (AvgIpc) is 2.66. The maximum atomic E-state index is 8.82. The Morgan fingerprint density at radius 2 is 1.36 bits per heavy atom. The normalized spacial score (nSPS) is 15.8. The molecule has 4 nitrogen and oxygen atoms in total. The van der Waals surface area contributed by atoms with Crippen LogP contribution in [0.3, 0.4) is 0 Å². The van der Waals surface area contributed by atoms with Crippen LogP contribution in [0, 0.1) is 11.3 Å². The van der Waals surface area contributed by atoms with E-state index in [9.17, 15) is 0 Å². The lowest BCUT2D eigenvalue weighted by Gasteiger charge is -2.32. The highest BCUT2D eigenvalue weighted by Gasteiger charge is 2.13. The van der Waals surface area contributed by atoms with Gasteiger partial charge in [-0.15, -0.1) is 0 Å². The van der Waals surface area contributed by atoms with Gasteiger partial charge in [-0.25, -0.2) is 0 Å². The van der Waals surface area contributed by atoms with Crippen molar-refractivity contribution in [2.45, 2.75) is 19.6 Å². The van der Waals surface area contributed by atoms with Gasteiger partial charge in [-0.05, 0) is 35.9 Å². The molecule has 0 radical (unpaired) electrons. The van der Waals surface area contributed by atoms with E-state index in [-0.39, 0.29) is 0 Å². The minimum atomic E-state index is 0.708. The van der Waals surface area contributed by atoms with E-state index in [4.69, 9.17) is 5.26 Å². The second-order valence-corrected chi connectivity index (χ2v) is 6.81. The molecule has 2 aromatic rings. The van der Waals surface area contributed by atoms with Crippen LogP contribution in [0.2, 0.25) is 0 Å². The zero-order chi connectivity index (χ0) is 17.5. The van der Waals surface area contributed by atoms with E-state index in [2.05, 4.69) is 52.5 Å². The lowest BCUT2D eigenvalue weighted by Crippen LogP contribution is -2.43. The van der Waals surface area contributed by atoms with E-state index < -0.39 is 0 Å². The minimum Gasteiger partial charge on any atom is -0.309 e. The summed E-state index contributed by atoms with van der Waals surface area (Å²) in [6.45, 7) is 7.36.